The number of methoxy groups -OCH3 is 1. The molecule has 0 aliphatic carbocycles. The molecule has 0 aliphatic heterocycles. The minimum atomic E-state index is -0.232. The van der Waals surface area contributed by atoms with Crippen molar-refractivity contribution >= 4 is 5.97 Å². The summed E-state index contributed by atoms with van der Waals surface area (Å²) in [6, 6.07) is 2.20. The average Bonchev–Trinajstić information content (AvgIpc) is 2.30. The first-order valence-corrected chi connectivity index (χ1v) is 5.81. The molecule has 0 saturated carbocycles. The van der Waals surface area contributed by atoms with Crippen LogP contribution in [0, 0.1) is 27.7 Å². The maximum absolute atomic E-state index is 11.0. The van der Waals surface area contributed by atoms with Crippen LogP contribution in [0.1, 0.15) is 27.8 Å². The maximum Gasteiger partial charge on any atom is 0.319 e. The molecule has 0 aromatic heterocycles. The molecule has 94 valence electrons. The summed E-state index contributed by atoms with van der Waals surface area (Å²) in [6.07, 6.45) is 0. The van der Waals surface area contributed by atoms with E-state index in [9.17, 15) is 4.79 Å². The van der Waals surface area contributed by atoms with Gasteiger partial charge in [0.05, 0.1) is 13.7 Å². The molecule has 3 heteroatoms. The molecule has 0 bridgehead atoms. The van der Waals surface area contributed by atoms with Crippen molar-refractivity contribution < 1.29 is 9.53 Å². The molecular weight excluding hydrogens is 214 g/mol. The van der Waals surface area contributed by atoms with Gasteiger partial charge in [-0.05, 0) is 55.5 Å². The Morgan fingerprint density at radius 1 is 1.18 bits per heavy atom. The minimum absolute atomic E-state index is 0.232. The Hall–Kier alpha value is -1.35. The van der Waals surface area contributed by atoms with Crippen molar-refractivity contribution in [3.05, 3.63) is 33.9 Å². The van der Waals surface area contributed by atoms with Crippen LogP contribution in [0.4, 0.5) is 0 Å². The van der Waals surface area contributed by atoms with Gasteiger partial charge in [0, 0.05) is 6.54 Å². The van der Waals surface area contributed by atoms with Crippen LogP contribution < -0.4 is 5.32 Å². The molecule has 0 radical (unpaired) electrons. The molecule has 1 N–H and O–H groups in total. The Bertz CT molecular complexity index is 398. The number of esters is 1. The lowest BCUT2D eigenvalue weighted by Gasteiger charge is -2.15. The van der Waals surface area contributed by atoms with Crippen LogP contribution in [0.5, 0.6) is 0 Å². The van der Waals surface area contributed by atoms with Gasteiger partial charge < -0.3 is 10.1 Å². The van der Waals surface area contributed by atoms with E-state index in [2.05, 4.69) is 43.8 Å². The first kappa shape index (κ1) is 13.7. The summed E-state index contributed by atoms with van der Waals surface area (Å²) in [5.74, 6) is -0.232. The third-order valence-corrected chi connectivity index (χ3v) is 3.32. The lowest BCUT2D eigenvalue weighted by atomic mass is 9.94. The summed E-state index contributed by atoms with van der Waals surface area (Å²) in [7, 11) is 1.40. The number of ether oxygens (including phenoxy) is 1. The van der Waals surface area contributed by atoms with Gasteiger partial charge >= 0.3 is 5.97 Å². The van der Waals surface area contributed by atoms with E-state index in [-0.39, 0.29) is 12.5 Å². The number of nitrogens with one attached hydrogen (secondary N) is 1. The van der Waals surface area contributed by atoms with Crippen molar-refractivity contribution in [3.63, 3.8) is 0 Å². The minimum Gasteiger partial charge on any atom is -0.468 e. The summed E-state index contributed by atoms with van der Waals surface area (Å²) >= 11 is 0. The first-order valence-electron chi connectivity index (χ1n) is 5.81. The maximum atomic E-state index is 11.0. The molecule has 0 fully saturated rings. The largest absolute Gasteiger partial charge is 0.468 e. The van der Waals surface area contributed by atoms with Gasteiger partial charge in [-0.1, -0.05) is 6.07 Å². The van der Waals surface area contributed by atoms with Crippen LogP contribution in [-0.4, -0.2) is 19.6 Å². The molecule has 1 rings (SSSR count). The quantitative estimate of drug-likeness (QED) is 0.813. The van der Waals surface area contributed by atoms with Crippen LogP contribution in [0.15, 0.2) is 6.07 Å². The van der Waals surface area contributed by atoms with Crippen molar-refractivity contribution in [3.8, 4) is 0 Å². The van der Waals surface area contributed by atoms with Gasteiger partial charge in [-0.3, -0.25) is 4.79 Å². The highest BCUT2D eigenvalue weighted by Gasteiger charge is 2.08. The molecule has 0 heterocycles. The number of hydrogen-bond acceptors (Lipinski definition) is 3. The van der Waals surface area contributed by atoms with Gasteiger partial charge in [0.2, 0.25) is 0 Å². The van der Waals surface area contributed by atoms with Crippen molar-refractivity contribution in [1.29, 1.82) is 0 Å². The van der Waals surface area contributed by atoms with E-state index >= 15 is 0 Å². The van der Waals surface area contributed by atoms with Crippen molar-refractivity contribution in [2.24, 2.45) is 0 Å². The molecule has 0 unspecified atom stereocenters. The summed E-state index contributed by atoms with van der Waals surface area (Å²) in [4.78, 5) is 11.0. The number of carbonyl (C=O) groups excluding carboxylic acids is 1. The normalized spacial score (nSPS) is 10.4. The molecular formula is C14H21NO2. The lowest BCUT2D eigenvalue weighted by molar-refractivity contribution is -0.139. The monoisotopic (exact) mass is 235 g/mol. The molecule has 0 aliphatic rings. The predicted octanol–water partition coefficient (Wildman–Crippen LogP) is 2.18. The highest BCUT2D eigenvalue weighted by molar-refractivity contribution is 5.71. The van der Waals surface area contributed by atoms with E-state index in [1.807, 2.05) is 0 Å². The van der Waals surface area contributed by atoms with E-state index in [0.717, 1.165) is 0 Å². The second-order valence-corrected chi connectivity index (χ2v) is 4.42. The summed E-state index contributed by atoms with van der Waals surface area (Å²) in [6.45, 7) is 9.43. The molecule has 1 aromatic carbocycles. The topological polar surface area (TPSA) is 38.3 Å². The standard InChI is InChI=1S/C14H21NO2/c1-9-6-10(2)12(4)13(11(9)3)7-15-8-14(16)17-5/h6,15H,7-8H2,1-5H3. The van der Waals surface area contributed by atoms with E-state index in [4.69, 9.17) is 0 Å². The van der Waals surface area contributed by atoms with E-state index in [0.29, 0.717) is 6.54 Å². The van der Waals surface area contributed by atoms with E-state index in [1.165, 1.54) is 34.9 Å². The third kappa shape index (κ3) is 3.30. The molecule has 1 aromatic rings. The van der Waals surface area contributed by atoms with Crippen LogP contribution in [0.25, 0.3) is 0 Å². The highest BCUT2D eigenvalue weighted by atomic mass is 16.5. The van der Waals surface area contributed by atoms with Gasteiger partial charge in [0.25, 0.3) is 0 Å². The van der Waals surface area contributed by atoms with Crippen LogP contribution in [0.2, 0.25) is 0 Å². The zero-order chi connectivity index (χ0) is 13.0. The zero-order valence-electron chi connectivity index (χ0n) is 11.3. The van der Waals surface area contributed by atoms with Gasteiger partial charge in [-0.15, -0.1) is 0 Å². The Morgan fingerprint density at radius 2 is 1.71 bits per heavy atom. The molecule has 0 amide bonds. The first-order chi connectivity index (χ1) is 7.97. The van der Waals surface area contributed by atoms with Crippen molar-refractivity contribution in [2.45, 2.75) is 34.2 Å². The third-order valence-electron chi connectivity index (χ3n) is 3.32. The molecule has 0 saturated heterocycles. The van der Waals surface area contributed by atoms with Crippen LogP contribution in [-0.2, 0) is 16.1 Å². The second-order valence-electron chi connectivity index (χ2n) is 4.42. The number of hydrogen-bond donors (Lipinski definition) is 1. The molecule has 0 spiro atoms. The predicted molar refractivity (Wildman–Crippen MR) is 69.1 cm³/mol. The Labute approximate surface area is 103 Å². The second kappa shape index (κ2) is 5.82. The summed E-state index contributed by atoms with van der Waals surface area (Å²) in [5.41, 5.74) is 6.47. The summed E-state index contributed by atoms with van der Waals surface area (Å²) in [5, 5.41) is 3.11. The Morgan fingerprint density at radius 3 is 2.18 bits per heavy atom. The van der Waals surface area contributed by atoms with Crippen molar-refractivity contribution in [1.82, 2.24) is 5.32 Å². The Balaban J connectivity index is 2.80. The van der Waals surface area contributed by atoms with E-state index < -0.39 is 0 Å². The molecule has 3 nitrogen and oxygen atoms in total. The van der Waals surface area contributed by atoms with Gasteiger partial charge in [0.1, 0.15) is 0 Å². The fourth-order valence-corrected chi connectivity index (χ4v) is 1.93. The van der Waals surface area contributed by atoms with Gasteiger partial charge in [-0.25, -0.2) is 0 Å². The lowest BCUT2D eigenvalue weighted by Crippen LogP contribution is -2.24. The fraction of sp³-hybridized carbons (Fsp3) is 0.500. The van der Waals surface area contributed by atoms with Crippen molar-refractivity contribution in [2.75, 3.05) is 13.7 Å². The number of carbonyl (C=O) groups is 1. The Kier molecular flexibility index (Phi) is 4.70. The number of benzene rings is 1. The number of aryl methyl sites for hydroxylation is 2. The van der Waals surface area contributed by atoms with E-state index in [1.54, 1.807) is 0 Å². The molecule has 17 heavy (non-hydrogen) atoms. The highest BCUT2D eigenvalue weighted by Crippen LogP contribution is 2.21. The smallest absolute Gasteiger partial charge is 0.319 e. The van der Waals surface area contributed by atoms with Gasteiger partial charge in [-0.2, -0.15) is 0 Å². The van der Waals surface area contributed by atoms with Crippen LogP contribution in [0.3, 0.4) is 0 Å². The number of rotatable bonds is 4. The zero-order valence-corrected chi connectivity index (χ0v) is 11.3. The average molecular weight is 235 g/mol. The summed E-state index contributed by atoms with van der Waals surface area (Å²) < 4.78 is 4.59. The SMILES string of the molecule is COC(=O)CNCc1c(C)c(C)cc(C)c1C. The molecule has 0 atom stereocenters. The fourth-order valence-electron chi connectivity index (χ4n) is 1.93. The van der Waals surface area contributed by atoms with Gasteiger partial charge in [0.15, 0.2) is 0 Å². The van der Waals surface area contributed by atoms with Crippen LogP contribution >= 0.6 is 0 Å².